The first-order valence-corrected chi connectivity index (χ1v) is 8.45. The Morgan fingerprint density at radius 1 is 0.950 bits per heavy atom. The Bertz CT molecular complexity index is 345. The van der Waals surface area contributed by atoms with Crippen LogP contribution >= 0.6 is 0 Å². The zero-order chi connectivity index (χ0) is 14.6. The smallest absolute Gasteiger partial charge is 0.0499 e. The van der Waals surface area contributed by atoms with Crippen LogP contribution in [0.5, 0.6) is 0 Å². The molecule has 1 nitrogen and oxygen atoms in total. The van der Waals surface area contributed by atoms with Gasteiger partial charge in [0.15, 0.2) is 0 Å². The Balaban J connectivity index is 2.16. The highest BCUT2D eigenvalue weighted by Gasteiger charge is 2.09. The maximum atomic E-state index is 9.57. The molecule has 0 spiro atoms. The van der Waals surface area contributed by atoms with Crippen molar-refractivity contribution in [3.05, 3.63) is 35.4 Å². The fourth-order valence-electron chi connectivity index (χ4n) is 2.81. The molecular formula is C19H32O. The highest BCUT2D eigenvalue weighted by molar-refractivity contribution is 5.25. The van der Waals surface area contributed by atoms with Crippen LogP contribution in [0.3, 0.4) is 0 Å². The molecule has 20 heavy (non-hydrogen) atoms. The number of aliphatic hydroxyl groups is 1. The van der Waals surface area contributed by atoms with E-state index in [1.807, 2.05) is 0 Å². The van der Waals surface area contributed by atoms with Crippen LogP contribution in [-0.4, -0.2) is 11.7 Å². The normalized spacial score (nSPS) is 12.6. The molecule has 1 N–H and O–H groups in total. The zero-order valence-corrected chi connectivity index (χ0v) is 13.4. The summed E-state index contributed by atoms with van der Waals surface area (Å²) in [6, 6.07) is 8.58. The fourth-order valence-corrected chi connectivity index (χ4v) is 2.81. The van der Waals surface area contributed by atoms with Crippen molar-refractivity contribution < 1.29 is 5.11 Å². The number of benzene rings is 1. The van der Waals surface area contributed by atoms with Gasteiger partial charge in [-0.25, -0.2) is 0 Å². The Morgan fingerprint density at radius 2 is 1.60 bits per heavy atom. The van der Waals surface area contributed by atoms with Crippen LogP contribution in [0.15, 0.2) is 24.3 Å². The molecule has 1 aromatic rings. The van der Waals surface area contributed by atoms with E-state index in [0.29, 0.717) is 5.92 Å². The first-order valence-electron chi connectivity index (χ1n) is 8.45. The molecule has 1 atom stereocenters. The fraction of sp³-hybridized carbons (Fsp3) is 0.684. The van der Waals surface area contributed by atoms with Crippen molar-refractivity contribution in [1.29, 1.82) is 0 Å². The summed E-state index contributed by atoms with van der Waals surface area (Å²) in [5, 5.41) is 9.57. The molecule has 0 fully saturated rings. The zero-order valence-electron chi connectivity index (χ0n) is 13.4. The molecule has 1 rings (SSSR count). The third kappa shape index (κ3) is 7.09. The lowest BCUT2D eigenvalue weighted by atomic mass is 9.92. The Morgan fingerprint density at radius 3 is 2.20 bits per heavy atom. The van der Waals surface area contributed by atoms with Crippen molar-refractivity contribution in [2.45, 2.75) is 77.6 Å². The lowest BCUT2D eigenvalue weighted by molar-refractivity contribution is 0.256. The van der Waals surface area contributed by atoms with Crippen LogP contribution in [0.4, 0.5) is 0 Å². The van der Waals surface area contributed by atoms with Gasteiger partial charge in [0.05, 0.1) is 0 Å². The van der Waals surface area contributed by atoms with Gasteiger partial charge in [-0.2, -0.15) is 0 Å². The van der Waals surface area contributed by atoms with E-state index in [1.54, 1.807) is 0 Å². The largest absolute Gasteiger partial charge is 0.396 e. The maximum absolute atomic E-state index is 9.57. The van der Waals surface area contributed by atoms with Gasteiger partial charge in [0, 0.05) is 12.5 Å². The third-order valence-corrected chi connectivity index (χ3v) is 4.14. The summed E-state index contributed by atoms with van der Waals surface area (Å²) < 4.78 is 0. The summed E-state index contributed by atoms with van der Waals surface area (Å²) in [5.74, 6) is 0.329. The summed E-state index contributed by atoms with van der Waals surface area (Å²) in [6.07, 6.45) is 11.9. The Kier molecular flexibility index (Phi) is 9.40. The SMILES string of the molecule is CCCCCCCCCCC(CO)c1cccc(C)c1. The molecule has 0 saturated heterocycles. The Labute approximate surface area is 125 Å². The van der Waals surface area contributed by atoms with Crippen molar-refractivity contribution >= 4 is 0 Å². The molecule has 0 aliphatic heterocycles. The van der Waals surface area contributed by atoms with E-state index in [2.05, 4.69) is 38.1 Å². The first kappa shape index (κ1) is 17.2. The van der Waals surface area contributed by atoms with Crippen molar-refractivity contribution in [2.24, 2.45) is 0 Å². The number of unbranched alkanes of at least 4 members (excludes halogenated alkanes) is 7. The monoisotopic (exact) mass is 276 g/mol. The van der Waals surface area contributed by atoms with Gasteiger partial charge >= 0.3 is 0 Å². The molecule has 0 amide bonds. The maximum Gasteiger partial charge on any atom is 0.0499 e. The van der Waals surface area contributed by atoms with Crippen molar-refractivity contribution in [1.82, 2.24) is 0 Å². The van der Waals surface area contributed by atoms with Crippen molar-refractivity contribution in [3.63, 3.8) is 0 Å². The van der Waals surface area contributed by atoms with E-state index in [0.717, 1.165) is 6.42 Å². The standard InChI is InChI=1S/C19H32O/c1-3-4-5-6-7-8-9-10-13-19(16-20)18-14-11-12-17(2)15-18/h11-12,14-15,19-20H,3-10,13,16H2,1-2H3. The predicted octanol–water partition coefficient (Wildman–Crippen LogP) is 5.60. The van der Waals surface area contributed by atoms with Crippen molar-refractivity contribution in [3.8, 4) is 0 Å². The lowest BCUT2D eigenvalue weighted by Crippen LogP contribution is -2.04. The molecule has 0 heterocycles. The van der Waals surface area contributed by atoms with E-state index in [9.17, 15) is 5.11 Å². The molecule has 1 unspecified atom stereocenters. The van der Waals surface area contributed by atoms with Crippen molar-refractivity contribution in [2.75, 3.05) is 6.61 Å². The average molecular weight is 276 g/mol. The molecular weight excluding hydrogens is 244 g/mol. The summed E-state index contributed by atoms with van der Waals surface area (Å²) in [5.41, 5.74) is 2.59. The van der Waals surface area contributed by atoms with E-state index >= 15 is 0 Å². The quantitative estimate of drug-likeness (QED) is 0.521. The minimum Gasteiger partial charge on any atom is -0.396 e. The average Bonchev–Trinajstić information content (AvgIpc) is 2.46. The molecule has 114 valence electrons. The summed E-state index contributed by atoms with van der Waals surface area (Å²) in [6.45, 7) is 4.66. The topological polar surface area (TPSA) is 20.2 Å². The van der Waals surface area contributed by atoms with Crippen LogP contribution in [-0.2, 0) is 0 Å². The molecule has 1 aromatic carbocycles. The number of aliphatic hydroxyl groups excluding tert-OH is 1. The van der Waals surface area contributed by atoms with Gasteiger partial charge in [0.25, 0.3) is 0 Å². The van der Waals surface area contributed by atoms with Gasteiger partial charge < -0.3 is 5.11 Å². The number of hydrogen-bond acceptors (Lipinski definition) is 1. The second-order valence-corrected chi connectivity index (χ2v) is 6.06. The van der Waals surface area contributed by atoms with Crippen LogP contribution in [0.2, 0.25) is 0 Å². The highest BCUT2D eigenvalue weighted by Crippen LogP contribution is 2.23. The van der Waals surface area contributed by atoms with Gasteiger partial charge in [0.1, 0.15) is 0 Å². The second kappa shape index (κ2) is 10.9. The van der Waals surface area contributed by atoms with Crippen LogP contribution in [0.1, 0.15) is 81.8 Å². The number of hydrogen-bond donors (Lipinski definition) is 1. The molecule has 0 aliphatic carbocycles. The minimum absolute atomic E-state index is 0.278. The van der Waals surface area contributed by atoms with E-state index in [-0.39, 0.29) is 6.61 Å². The lowest BCUT2D eigenvalue weighted by Gasteiger charge is -2.15. The van der Waals surface area contributed by atoms with Gasteiger partial charge in [0.2, 0.25) is 0 Å². The summed E-state index contributed by atoms with van der Waals surface area (Å²) in [7, 11) is 0. The van der Waals surface area contributed by atoms with Gasteiger partial charge in [-0.15, -0.1) is 0 Å². The number of rotatable bonds is 11. The van der Waals surface area contributed by atoms with E-state index in [4.69, 9.17) is 0 Å². The summed E-state index contributed by atoms with van der Waals surface area (Å²) in [4.78, 5) is 0. The number of aryl methyl sites for hydroxylation is 1. The van der Waals surface area contributed by atoms with Crippen LogP contribution < -0.4 is 0 Å². The minimum atomic E-state index is 0.278. The predicted molar refractivity (Wildman–Crippen MR) is 88.2 cm³/mol. The molecule has 0 saturated carbocycles. The molecule has 0 aliphatic rings. The van der Waals surface area contributed by atoms with Gasteiger partial charge in [-0.3, -0.25) is 0 Å². The molecule has 0 aromatic heterocycles. The first-order chi connectivity index (χ1) is 9.77. The molecule has 1 heteroatoms. The molecule has 0 radical (unpaired) electrons. The van der Waals surface area contributed by atoms with Crippen LogP contribution in [0.25, 0.3) is 0 Å². The van der Waals surface area contributed by atoms with Gasteiger partial charge in [-0.05, 0) is 18.9 Å². The van der Waals surface area contributed by atoms with E-state index in [1.165, 1.54) is 62.5 Å². The third-order valence-electron chi connectivity index (χ3n) is 4.14. The van der Waals surface area contributed by atoms with Gasteiger partial charge in [-0.1, -0.05) is 88.1 Å². The van der Waals surface area contributed by atoms with E-state index < -0.39 is 0 Å². The highest BCUT2D eigenvalue weighted by atomic mass is 16.3. The van der Waals surface area contributed by atoms with Crippen LogP contribution in [0, 0.1) is 6.92 Å². The summed E-state index contributed by atoms with van der Waals surface area (Å²) >= 11 is 0. The Hall–Kier alpha value is -0.820. The second-order valence-electron chi connectivity index (χ2n) is 6.06. The molecule has 0 bridgehead atoms.